The van der Waals surface area contributed by atoms with E-state index in [1.165, 1.54) is 31.0 Å². The summed E-state index contributed by atoms with van der Waals surface area (Å²) in [6.45, 7) is 3.08. The standard InChI is InChI=1S/C13H18N4O2S/c14-10-11-9-12(15)3-4-13(11)20(18,19)16-5-8-17-6-1-2-7-17/h3-4,9,16H,1-2,5-8,15H2. The van der Waals surface area contributed by atoms with Crippen molar-refractivity contribution in [3.63, 3.8) is 0 Å². The monoisotopic (exact) mass is 294 g/mol. The van der Waals surface area contributed by atoms with Crippen LogP contribution in [0.25, 0.3) is 0 Å². The topological polar surface area (TPSA) is 99.2 Å². The van der Waals surface area contributed by atoms with Crippen LogP contribution in [-0.4, -0.2) is 39.5 Å². The maximum absolute atomic E-state index is 12.2. The number of nitrogens with one attached hydrogen (secondary N) is 1. The molecule has 0 aliphatic carbocycles. The number of nitrogens with zero attached hydrogens (tertiary/aromatic N) is 2. The Bertz CT molecular complexity index is 616. The number of anilines is 1. The lowest BCUT2D eigenvalue weighted by Gasteiger charge is -2.15. The fourth-order valence-electron chi connectivity index (χ4n) is 2.29. The van der Waals surface area contributed by atoms with Crippen LogP contribution in [0.15, 0.2) is 23.1 Å². The number of benzene rings is 1. The lowest BCUT2D eigenvalue weighted by atomic mass is 10.2. The Hall–Kier alpha value is -1.62. The van der Waals surface area contributed by atoms with Crippen LogP contribution in [0.4, 0.5) is 5.69 Å². The summed E-state index contributed by atoms with van der Waals surface area (Å²) in [5, 5.41) is 9.00. The van der Waals surface area contributed by atoms with Gasteiger partial charge in [0.05, 0.1) is 10.5 Å². The number of rotatable bonds is 5. The van der Waals surface area contributed by atoms with Crippen molar-refractivity contribution in [2.24, 2.45) is 0 Å². The number of sulfonamides is 1. The Morgan fingerprint density at radius 2 is 2.05 bits per heavy atom. The van der Waals surface area contributed by atoms with Crippen molar-refractivity contribution in [2.75, 3.05) is 31.9 Å². The molecule has 0 spiro atoms. The smallest absolute Gasteiger partial charge is 0.241 e. The molecule has 1 saturated heterocycles. The summed E-state index contributed by atoms with van der Waals surface area (Å²) >= 11 is 0. The molecular weight excluding hydrogens is 276 g/mol. The second-order valence-electron chi connectivity index (χ2n) is 4.81. The van der Waals surface area contributed by atoms with E-state index in [-0.39, 0.29) is 10.5 Å². The van der Waals surface area contributed by atoms with Crippen LogP contribution >= 0.6 is 0 Å². The highest BCUT2D eigenvalue weighted by atomic mass is 32.2. The SMILES string of the molecule is N#Cc1cc(N)ccc1S(=O)(=O)NCCN1CCCC1. The summed E-state index contributed by atoms with van der Waals surface area (Å²) in [5.74, 6) is 0. The summed E-state index contributed by atoms with van der Waals surface area (Å²) in [6, 6.07) is 6.08. The third kappa shape index (κ3) is 3.48. The zero-order valence-electron chi connectivity index (χ0n) is 11.2. The molecule has 1 aromatic carbocycles. The van der Waals surface area contributed by atoms with Gasteiger partial charge in [-0.25, -0.2) is 13.1 Å². The van der Waals surface area contributed by atoms with Gasteiger partial charge >= 0.3 is 0 Å². The fourth-order valence-corrected chi connectivity index (χ4v) is 3.45. The number of hydrogen-bond acceptors (Lipinski definition) is 5. The summed E-state index contributed by atoms with van der Waals surface area (Å²) in [4.78, 5) is 2.20. The van der Waals surface area contributed by atoms with E-state index in [0.717, 1.165) is 13.1 Å². The van der Waals surface area contributed by atoms with E-state index in [1.54, 1.807) is 0 Å². The molecule has 1 aliphatic rings. The molecule has 0 atom stereocenters. The lowest BCUT2D eigenvalue weighted by Crippen LogP contribution is -2.33. The van der Waals surface area contributed by atoms with Gasteiger partial charge in [0.15, 0.2) is 0 Å². The van der Waals surface area contributed by atoms with Gasteiger partial charge in [0.1, 0.15) is 6.07 Å². The summed E-state index contributed by atoms with van der Waals surface area (Å²) < 4.78 is 26.9. The molecule has 3 N–H and O–H groups in total. The molecule has 7 heteroatoms. The first-order chi connectivity index (χ1) is 9.53. The van der Waals surface area contributed by atoms with Gasteiger partial charge in [-0.05, 0) is 44.1 Å². The molecule has 0 saturated carbocycles. The largest absolute Gasteiger partial charge is 0.399 e. The van der Waals surface area contributed by atoms with Crippen LogP contribution in [0.1, 0.15) is 18.4 Å². The van der Waals surface area contributed by atoms with E-state index in [2.05, 4.69) is 9.62 Å². The van der Waals surface area contributed by atoms with Gasteiger partial charge in [-0.1, -0.05) is 0 Å². The molecule has 1 aliphatic heterocycles. The Labute approximate surface area is 119 Å². The number of hydrogen-bond donors (Lipinski definition) is 2. The van der Waals surface area contributed by atoms with E-state index in [9.17, 15) is 8.42 Å². The first-order valence-corrected chi connectivity index (χ1v) is 8.03. The zero-order chi connectivity index (χ0) is 14.6. The highest BCUT2D eigenvalue weighted by molar-refractivity contribution is 7.89. The van der Waals surface area contributed by atoms with Crippen LogP contribution in [0.3, 0.4) is 0 Å². The van der Waals surface area contributed by atoms with Crippen LogP contribution in [0, 0.1) is 11.3 Å². The molecule has 0 bridgehead atoms. The van der Waals surface area contributed by atoms with Crippen molar-refractivity contribution in [3.8, 4) is 6.07 Å². The molecule has 0 aromatic heterocycles. The maximum atomic E-state index is 12.2. The first-order valence-electron chi connectivity index (χ1n) is 6.54. The molecule has 0 unspecified atom stereocenters. The quantitative estimate of drug-likeness (QED) is 0.771. The van der Waals surface area contributed by atoms with Crippen molar-refractivity contribution in [3.05, 3.63) is 23.8 Å². The average molecular weight is 294 g/mol. The van der Waals surface area contributed by atoms with E-state index in [0.29, 0.717) is 18.8 Å². The van der Waals surface area contributed by atoms with Gasteiger partial charge < -0.3 is 10.6 Å². The molecule has 2 rings (SSSR count). The van der Waals surface area contributed by atoms with Crippen LogP contribution in [0.2, 0.25) is 0 Å². The molecule has 20 heavy (non-hydrogen) atoms. The average Bonchev–Trinajstić information content (AvgIpc) is 2.91. The minimum atomic E-state index is -3.67. The predicted molar refractivity (Wildman–Crippen MR) is 76.4 cm³/mol. The molecular formula is C13H18N4O2S. The fraction of sp³-hybridized carbons (Fsp3) is 0.462. The number of nitrogen functional groups attached to an aromatic ring is 1. The first kappa shape index (κ1) is 14.8. The highest BCUT2D eigenvalue weighted by Crippen LogP contribution is 2.17. The number of nitrogens with two attached hydrogens (primary N) is 1. The normalized spacial score (nSPS) is 16.1. The number of nitriles is 1. The second kappa shape index (κ2) is 6.22. The molecule has 108 valence electrons. The van der Waals surface area contributed by atoms with Crippen molar-refractivity contribution in [1.29, 1.82) is 5.26 Å². The third-order valence-corrected chi connectivity index (χ3v) is 4.85. The Morgan fingerprint density at radius 1 is 1.35 bits per heavy atom. The number of likely N-dealkylation sites (tertiary alicyclic amines) is 1. The Kier molecular flexibility index (Phi) is 4.60. The second-order valence-corrected chi connectivity index (χ2v) is 6.55. The van der Waals surface area contributed by atoms with E-state index in [1.807, 2.05) is 6.07 Å². The van der Waals surface area contributed by atoms with Gasteiger partial charge in [0, 0.05) is 18.8 Å². The lowest BCUT2D eigenvalue weighted by molar-refractivity contribution is 0.344. The Balaban J connectivity index is 2.04. The van der Waals surface area contributed by atoms with E-state index in [4.69, 9.17) is 11.0 Å². The highest BCUT2D eigenvalue weighted by Gasteiger charge is 2.19. The molecule has 6 nitrogen and oxygen atoms in total. The van der Waals surface area contributed by atoms with Gasteiger partial charge in [0.25, 0.3) is 0 Å². The Morgan fingerprint density at radius 3 is 2.70 bits per heavy atom. The minimum Gasteiger partial charge on any atom is -0.399 e. The zero-order valence-corrected chi connectivity index (χ0v) is 12.0. The van der Waals surface area contributed by atoms with Crippen molar-refractivity contribution in [1.82, 2.24) is 9.62 Å². The molecule has 1 aromatic rings. The maximum Gasteiger partial charge on any atom is 0.241 e. The van der Waals surface area contributed by atoms with Gasteiger partial charge in [-0.3, -0.25) is 0 Å². The molecule has 1 fully saturated rings. The van der Waals surface area contributed by atoms with Crippen LogP contribution < -0.4 is 10.5 Å². The van der Waals surface area contributed by atoms with Gasteiger partial charge in [-0.2, -0.15) is 5.26 Å². The summed E-state index contributed by atoms with van der Waals surface area (Å²) in [7, 11) is -3.67. The van der Waals surface area contributed by atoms with Crippen molar-refractivity contribution in [2.45, 2.75) is 17.7 Å². The third-order valence-electron chi connectivity index (χ3n) is 3.33. The van der Waals surface area contributed by atoms with E-state index >= 15 is 0 Å². The van der Waals surface area contributed by atoms with E-state index < -0.39 is 10.0 Å². The minimum absolute atomic E-state index is 0.0179. The molecule has 1 heterocycles. The van der Waals surface area contributed by atoms with Gasteiger partial charge in [0.2, 0.25) is 10.0 Å². The van der Waals surface area contributed by atoms with Crippen LogP contribution in [-0.2, 0) is 10.0 Å². The van der Waals surface area contributed by atoms with Crippen molar-refractivity contribution < 1.29 is 8.42 Å². The van der Waals surface area contributed by atoms with Gasteiger partial charge in [-0.15, -0.1) is 0 Å². The summed E-state index contributed by atoms with van der Waals surface area (Å²) in [5.41, 5.74) is 6.00. The predicted octanol–water partition coefficient (Wildman–Crippen LogP) is 0.515. The summed E-state index contributed by atoms with van der Waals surface area (Å²) in [6.07, 6.45) is 2.34. The van der Waals surface area contributed by atoms with Crippen LogP contribution in [0.5, 0.6) is 0 Å². The molecule has 0 radical (unpaired) electrons. The molecule has 0 amide bonds. The van der Waals surface area contributed by atoms with Crippen molar-refractivity contribution >= 4 is 15.7 Å².